The van der Waals surface area contributed by atoms with Crippen LogP contribution in [0.3, 0.4) is 0 Å². The van der Waals surface area contributed by atoms with Crippen LogP contribution in [0, 0.1) is 20.8 Å². The van der Waals surface area contributed by atoms with Crippen LogP contribution >= 0.6 is 15.9 Å². The number of hydrogen-bond donors (Lipinski definition) is 0. The molecule has 0 bridgehead atoms. The minimum absolute atomic E-state index is 0.130. The van der Waals surface area contributed by atoms with Crippen molar-refractivity contribution in [2.24, 2.45) is 0 Å². The maximum Gasteiger partial charge on any atom is 0.349 e. The Morgan fingerprint density at radius 2 is 1.62 bits per heavy atom. The molecule has 0 saturated heterocycles. The van der Waals surface area contributed by atoms with E-state index in [0.717, 1.165) is 21.2 Å². The molecule has 0 unspecified atom stereocenters. The molecule has 21 heavy (non-hydrogen) atoms. The summed E-state index contributed by atoms with van der Waals surface area (Å²) in [4.78, 5) is 11.8. The second-order valence-corrected chi connectivity index (χ2v) is 5.82. The van der Waals surface area contributed by atoms with Crippen molar-refractivity contribution >= 4 is 21.9 Å². The van der Waals surface area contributed by atoms with E-state index in [1.807, 2.05) is 51.1 Å². The van der Waals surface area contributed by atoms with Crippen molar-refractivity contribution in [3.05, 3.63) is 57.6 Å². The van der Waals surface area contributed by atoms with E-state index in [1.54, 1.807) is 6.07 Å². The number of ether oxygens (including phenoxy) is 2. The average molecular weight is 349 g/mol. The molecule has 0 aliphatic rings. The minimum Gasteiger partial charge on any atom is -0.481 e. The van der Waals surface area contributed by atoms with E-state index >= 15 is 0 Å². The molecule has 0 saturated carbocycles. The normalized spacial score (nSPS) is 10.3. The van der Waals surface area contributed by atoms with Crippen LogP contribution in [0.4, 0.5) is 0 Å². The number of aryl methyl sites for hydroxylation is 3. The molecule has 3 nitrogen and oxygen atoms in total. The van der Waals surface area contributed by atoms with E-state index in [0.29, 0.717) is 11.5 Å². The van der Waals surface area contributed by atoms with Gasteiger partial charge in [-0.25, -0.2) is 4.79 Å². The summed E-state index contributed by atoms with van der Waals surface area (Å²) < 4.78 is 11.6. The van der Waals surface area contributed by atoms with Crippen LogP contribution < -0.4 is 9.47 Å². The fraction of sp³-hybridized carbons (Fsp3) is 0.235. The largest absolute Gasteiger partial charge is 0.481 e. The first-order valence-electron chi connectivity index (χ1n) is 6.62. The first-order chi connectivity index (χ1) is 9.95. The zero-order chi connectivity index (χ0) is 15.4. The van der Waals surface area contributed by atoms with Gasteiger partial charge in [0, 0.05) is 0 Å². The second-order valence-electron chi connectivity index (χ2n) is 4.97. The molecule has 4 heteroatoms. The Morgan fingerprint density at radius 3 is 2.24 bits per heavy atom. The molecular formula is C17H17BrO3. The van der Waals surface area contributed by atoms with E-state index in [1.165, 1.54) is 0 Å². The van der Waals surface area contributed by atoms with Crippen LogP contribution in [0.1, 0.15) is 16.7 Å². The van der Waals surface area contributed by atoms with Crippen LogP contribution in [0.2, 0.25) is 0 Å². The molecule has 0 aromatic heterocycles. The van der Waals surface area contributed by atoms with E-state index in [-0.39, 0.29) is 6.61 Å². The Hall–Kier alpha value is -1.81. The van der Waals surface area contributed by atoms with Crippen molar-refractivity contribution in [1.82, 2.24) is 0 Å². The van der Waals surface area contributed by atoms with Crippen LogP contribution in [0.15, 0.2) is 40.9 Å². The fourth-order valence-electron chi connectivity index (χ4n) is 1.93. The molecule has 0 aliphatic heterocycles. The molecule has 0 aliphatic carbocycles. The molecule has 2 rings (SSSR count). The molecular weight excluding hydrogens is 332 g/mol. The first kappa shape index (κ1) is 15.6. The smallest absolute Gasteiger partial charge is 0.349 e. The van der Waals surface area contributed by atoms with Gasteiger partial charge in [-0.05, 0) is 66.0 Å². The summed E-state index contributed by atoms with van der Waals surface area (Å²) in [5.74, 6) is 0.768. The zero-order valence-electron chi connectivity index (χ0n) is 12.3. The summed E-state index contributed by atoms with van der Waals surface area (Å²) in [6, 6.07) is 11.4. The number of hydrogen-bond acceptors (Lipinski definition) is 3. The van der Waals surface area contributed by atoms with Gasteiger partial charge in [0.25, 0.3) is 0 Å². The van der Waals surface area contributed by atoms with Gasteiger partial charge in [-0.3, -0.25) is 0 Å². The third kappa shape index (κ3) is 4.33. The standard InChI is InChI=1S/C17H17BrO3/c1-11-4-6-15(13(3)8-11)21-17(19)10-20-16-7-5-12(2)9-14(16)18/h4-9H,10H2,1-3H3. The van der Waals surface area contributed by atoms with E-state index in [4.69, 9.17) is 9.47 Å². The van der Waals surface area contributed by atoms with Gasteiger partial charge in [0.2, 0.25) is 0 Å². The topological polar surface area (TPSA) is 35.5 Å². The third-order valence-electron chi connectivity index (χ3n) is 2.99. The number of rotatable bonds is 4. The van der Waals surface area contributed by atoms with E-state index in [2.05, 4.69) is 15.9 Å². The van der Waals surface area contributed by atoms with Crippen LogP contribution in [-0.2, 0) is 4.79 Å². The monoisotopic (exact) mass is 348 g/mol. The Labute approximate surface area is 133 Å². The van der Waals surface area contributed by atoms with Crippen molar-refractivity contribution < 1.29 is 14.3 Å². The maximum atomic E-state index is 11.8. The van der Waals surface area contributed by atoms with Gasteiger partial charge < -0.3 is 9.47 Å². The van der Waals surface area contributed by atoms with Gasteiger partial charge in [0.15, 0.2) is 6.61 Å². The summed E-state index contributed by atoms with van der Waals surface area (Å²) >= 11 is 3.41. The number of halogens is 1. The van der Waals surface area contributed by atoms with Crippen molar-refractivity contribution in [3.8, 4) is 11.5 Å². The summed E-state index contributed by atoms with van der Waals surface area (Å²) in [5.41, 5.74) is 3.18. The van der Waals surface area contributed by atoms with Crippen molar-refractivity contribution in [2.45, 2.75) is 20.8 Å². The van der Waals surface area contributed by atoms with Gasteiger partial charge in [0.1, 0.15) is 11.5 Å². The lowest BCUT2D eigenvalue weighted by Crippen LogP contribution is -2.18. The lowest BCUT2D eigenvalue weighted by Gasteiger charge is -2.10. The number of carbonyl (C=O) groups is 1. The van der Waals surface area contributed by atoms with Gasteiger partial charge in [0.05, 0.1) is 4.47 Å². The van der Waals surface area contributed by atoms with Crippen LogP contribution in [0.25, 0.3) is 0 Å². The second kappa shape index (κ2) is 6.76. The zero-order valence-corrected chi connectivity index (χ0v) is 13.9. The molecule has 0 fully saturated rings. The predicted molar refractivity (Wildman–Crippen MR) is 85.9 cm³/mol. The van der Waals surface area contributed by atoms with Gasteiger partial charge in [-0.2, -0.15) is 0 Å². The first-order valence-corrected chi connectivity index (χ1v) is 7.42. The highest BCUT2D eigenvalue weighted by Crippen LogP contribution is 2.26. The molecule has 110 valence electrons. The summed E-state index contributed by atoms with van der Waals surface area (Å²) in [6.07, 6.45) is 0. The molecule has 0 radical (unpaired) electrons. The Morgan fingerprint density at radius 1 is 1.00 bits per heavy atom. The van der Waals surface area contributed by atoms with Crippen molar-refractivity contribution in [3.63, 3.8) is 0 Å². The quantitative estimate of drug-likeness (QED) is 0.608. The predicted octanol–water partition coefficient (Wildman–Crippen LogP) is 4.36. The maximum absolute atomic E-state index is 11.8. The molecule has 0 N–H and O–H groups in total. The summed E-state index contributed by atoms with van der Waals surface area (Å²) in [6.45, 7) is 5.77. The highest BCUT2D eigenvalue weighted by Gasteiger charge is 2.10. The van der Waals surface area contributed by atoms with Crippen LogP contribution in [0.5, 0.6) is 11.5 Å². The van der Waals surface area contributed by atoms with E-state index in [9.17, 15) is 4.79 Å². The number of benzene rings is 2. The van der Waals surface area contributed by atoms with Gasteiger partial charge in [-0.15, -0.1) is 0 Å². The number of carbonyl (C=O) groups excluding carboxylic acids is 1. The molecule has 0 atom stereocenters. The minimum atomic E-state index is -0.422. The molecule has 0 amide bonds. The van der Waals surface area contributed by atoms with Gasteiger partial charge >= 0.3 is 5.97 Å². The highest BCUT2D eigenvalue weighted by atomic mass is 79.9. The molecule has 2 aromatic carbocycles. The fourth-order valence-corrected chi connectivity index (χ4v) is 2.53. The Bertz CT molecular complexity index is 665. The molecule has 0 heterocycles. The molecule has 2 aromatic rings. The SMILES string of the molecule is Cc1ccc(OC(=O)COc2ccc(C)cc2Br)c(C)c1. The Kier molecular flexibility index (Phi) is 5.02. The van der Waals surface area contributed by atoms with Crippen molar-refractivity contribution in [2.75, 3.05) is 6.61 Å². The average Bonchev–Trinajstić information content (AvgIpc) is 2.41. The highest BCUT2D eigenvalue weighted by molar-refractivity contribution is 9.10. The summed E-state index contributed by atoms with van der Waals surface area (Å²) in [7, 11) is 0. The third-order valence-corrected chi connectivity index (χ3v) is 3.61. The lowest BCUT2D eigenvalue weighted by molar-refractivity contribution is -0.136. The van der Waals surface area contributed by atoms with Crippen LogP contribution in [-0.4, -0.2) is 12.6 Å². The summed E-state index contributed by atoms with van der Waals surface area (Å²) in [5, 5.41) is 0. The molecule has 0 spiro atoms. The Balaban J connectivity index is 1.96. The number of esters is 1. The van der Waals surface area contributed by atoms with Gasteiger partial charge in [-0.1, -0.05) is 23.8 Å². The van der Waals surface area contributed by atoms with E-state index < -0.39 is 5.97 Å². The lowest BCUT2D eigenvalue weighted by atomic mass is 10.1. The van der Waals surface area contributed by atoms with Crippen molar-refractivity contribution in [1.29, 1.82) is 0 Å².